The average molecular weight is 244 g/mol. The van der Waals surface area contributed by atoms with E-state index in [1.807, 2.05) is 0 Å². The Kier molecular flexibility index (Phi) is 2.55. The molecule has 0 bridgehead atoms. The van der Waals surface area contributed by atoms with Crippen molar-refractivity contribution in [2.75, 3.05) is 5.73 Å². The van der Waals surface area contributed by atoms with Gasteiger partial charge in [-0.2, -0.15) is 5.10 Å². The van der Waals surface area contributed by atoms with Crippen molar-refractivity contribution in [2.24, 2.45) is 7.05 Å². The van der Waals surface area contributed by atoms with Crippen LogP contribution < -0.4 is 5.73 Å². The van der Waals surface area contributed by atoms with Gasteiger partial charge in [-0.1, -0.05) is 11.6 Å². The molecule has 84 valence electrons. The molecule has 0 aliphatic heterocycles. The summed E-state index contributed by atoms with van der Waals surface area (Å²) in [6.45, 7) is 0. The fraction of sp³-hybridized carbons (Fsp3) is 0.100. The van der Waals surface area contributed by atoms with E-state index in [9.17, 15) is 8.78 Å². The minimum absolute atomic E-state index is 0.166. The molecule has 0 aliphatic carbocycles. The number of hydrogen-bond donors (Lipinski definition) is 1. The predicted molar refractivity (Wildman–Crippen MR) is 58.0 cm³/mol. The lowest BCUT2D eigenvalue weighted by Crippen LogP contribution is -1.98. The number of rotatable bonds is 1. The largest absolute Gasteiger partial charge is 0.383 e. The third-order valence-corrected chi connectivity index (χ3v) is 2.65. The van der Waals surface area contributed by atoms with Crippen LogP contribution in [0.5, 0.6) is 0 Å². The van der Waals surface area contributed by atoms with E-state index in [0.717, 1.165) is 12.1 Å². The minimum Gasteiger partial charge on any atom is -0.383 e. The highest BCUT2D eigenvalue weighted by Gasteiger charge is 2.15. The molecule has 16 heavy (non-hydrogen) atoms. The topological polar surface area (TPSA) is 43.8 Å². The smallest absolute Gasteiger partial charge is 0.145 e. The molecule has 3 nitrogen and oxygen atoms in total. The zero-order valence-corrected chi connectivity index (χ0v) is 9.09. The molecular formula is C10H8ClF2N3. The summed E-state index contributed by atoms with van der Waals surface area (Å²) in [5.41, 5.74) is 6.31. The minimum atomic E-state index is -0.820. The molecular weight excluding hydrogens is 236 g/mol. The Bertz CT molecular complexity index is 551. The highest BCUT2D eigenvalue weighted by atomic mass is 35.5. The van der Waals surface area contributed by atoms with Gasteiger partial charge in [-0.15, -0.1) is 0 Å². The third-order valence-electron chi connectivity index (χ3n) is 2.27. The molecule has 0 atom stereocenters. The molecule has 0 fully saturated rings. The second-order valence-corrected chi connectivity index (χ2v) is 3.69. The van der Waals surface area contributed by atoms with Gasteiger partial charge in [-0.25, -0.2) is 8.78 Å². The fourth-order valence-corrected chi connectivity index (χ4v) is 1.62. The molecule has 1 heterocycles. The highest BCUT2D eigenvalue weighted by Crippen LogP contribution is 2.33. The van der Waals surface area contributed by atoms with Crippen molar-refractivity contribution < 1.29 is 8.78 Å². The van der Waals surface area contributed by atoms with Crippen LogP contribution in [0.3, 0.4) is 0 Å². The zero-order chi connectivity index (χ0) is 11.9. The first kappa shape index (κ1) is 10.9. The molecule has 6 heteroatoms. The molecule has 2 aromatic rings. The van der Waals surface area contributed by atoms with E-state index in [1.54, 1.807) is 7.05 Å². The molecule has 0 spiro atoms. The van der Waals surface area contributed by atoms with E-state index in [1.165, 1.54) is 10.9 Å². The predicted octanol–water partition coefficient (Wildman–Crippen LogP) is 2.60. The Labute approximate surface area is 95.4 Å². The van der Waals surface area contributed by atoms with Crippen molar-refractivity contribution in [1.82, 2.24) is 9.78 Å². The Morgan fingerprint density at radius 2 is 2.00 bits per heavy atom. The van der Waals surface area contributed by atoms with Crippen molar-refractivity contribution in [2.45, 2.75) is 0 Å². The molecule has 1 aromatic carbocycles. The maximum Gasteiger partial charge on any atom is 0.145 e. The first-order valence-corrected chi connectivity index (χ1v) is 4.81. The van der Waals surface area contributed by atoms with E-state index in [4.69, 9.17) is 17.3 Å². The van der Waals surface area contributed by atoms with E-state index in [-0.39, 0.29) is 10.6 Å². The van der Waals surface area contributed by atoms with Crippen LogP contribution in [0.2, 0.25) is 5.02 Å². The Morgan fingerprint density at radius 3 is 2.56 bits per heavy atom. The summed E-state index contributed by atoms with van der Waals surface area (Å²) in [7, 11) is 1.63. The number of aromatic nitrogens is 2. The highest BCUT2D eigenvalue weighted by molar-refractivity contribution is 6.33. The van der Waals surface area contributed by atoms with Gasteiger partial charge < -0.3 is 5.73 Å². The third kappa shape index (κ3) is 1.63. The number of hydrogen-bond acceptors (Lipinski definition) is 2. The number of benzene rings is 1. The molecule has 0 saturated heterocycles. The van der Waals surface area contributed by atoms with Gasteiger partial charge in [0.1, 0.15) is 17.5 Å². The summed E-state index contributed by atoms with van der Waals surface area (Å²) >= 11 is 5.75. The second-order valence-electron chi connectivity index (χ2n) is 3.32. The van der Waals surface area contributed by atoms with Crippen LogP contribution in [0.25, 0.3) is 11.1 Å². The zero-order valence-electron chi connectivity index (χ0n) is 8.34. The van der Waals surface area contributed by atoms with Gasteiger partial charge in [-0.3, -0.25) is 4.68 Å². The summed E-state index contributed by atoms with van der Waals surface area (Å²) in [6, 6.07) is 1.84. The number of nitrogens with two attached hydrogens (primary N) is 1. The van der Waals surface area contributed by atoms with Crippen LogP contribution in [0.4, 0.5) is 14.6 Å². The standard InChI is InChI=1S/C10H8ClF2N3/c1-16-10(14)7(4-15-16)6-2-5(12)3-8(13)9(6)11/h2-4H,14H2,1H3. The Morgan fingerprint density at radius 1 is 1.31 bits per heavy atom. The number of anilines is 1. The average Bonchev–Trinajstić information content (AvgIpc) is 2.54. The number of halogens is 3. The Hall–Kier alpha value is -1.62. The van der Waals surface area contributed by atoms with Crippen LogP contribution in [-0.2, 0) is 7.05 Å². The fourth-order valence-electron chi connectivity index (χ4n) is 1.41. The first-order valence-electron chi connectivity index (χ1n) is 4.43. The molecule has 0 saturated carbocycles. The van der Waals surface area contributed by atoms with Crippen molar-refractivity contribution >= 4 is 17.4 Å². The number of aryl methyl sites for hydroxylation is 1. The monoisotopic (exact) mass is 243 g/mol. The van der Waals surface area contributed by atoms with E-state index in [0.29, 0.717) is 11.4 Å². The maximum absolute atomic E-state index is 13.2. The van der Waals surface area contributed by atoms with Crippen LogP contribution >= 0.6 is 11.6 Å². The van der Waals surface area contributed by atoms with E-state index < -0.39 is 11.6 Å². The van der Waals surface area contributed by atoms with Crippen LogP contribution in [0.1, 0.15) is 0 Å². The normalized spacial score (nSPS) is 10.8. The van der Waals surface area contributed by atoms with Crippen LogP contribution in [0, 0.1) is 11.6 Å². The summed E-state index contributed by atoms with van der Waals surface area (Å²) in [5.74, 6) is -1.23. The summed E-state index contributed by atoms with van der Waals surface area (Å²) in [4.78, 5) is 0. The van der Waals surface area contributed by atoms with Gasteiger partial charge in [0.2, 0.25) is 0 Å². The Balaban J connectivity index is 2.69. The van der Waals surface area contributed by atoms with Crippen molar-refractivity contribution in [3.8, 4) is 11.1 Å². The SMILES string of the molecule is Cn1ncc(-c2cc(F)cc(F)c2Cl)c1N. The molecule has 1 aromatic heterocycles. The number of nitrogen functional groups attached to an aromatic ring is 1. The van der Waals surface area contributed by atoms with Gasteiger partial charge in [0.15, 0.2) is 0 Å². The van der Waals surface area contributed by atoms with Crippen molar-refractivity contribution in [1.29, 1.82) is 0 Å². The quantitative estimate of drug-likeness (QED) is 0.783. The van der Waals surface area contributed by atoms with Crippen molar-refractivity contribution in [3.63, 3.8) is 0 Å². The van der Waals surface area contributed by atoms with Gasteiger partial charge in [0, 0.05) is 24.2 Å². The van der Waals surface area contributed by atoms with E-state index in [2.05, 4.69) is 5.10 Å². The molecule has 0 radical (unpaired) electrons. The molecule has 2 rings (SSSR count). The van der Waals surface area contributed by atoms with Crippen molar-refractivity contribution in [3.05, 3.63) is 35.0 Å². The van der Waals surface area contributed by atoms with Crippen LogP contribution in [-0.4, -0.2) is 9.78 Å². The lowest BCUT2D eigenvalue weighted by molar-refractivity contribution is 0.584. The summed E-state index contributed by atoms with van der Waals surface area (Å²) in [5, 5.41) is 3.72. The molecule has 0 aliphatic rings. The first-order chi connectivity index (χ1) is 7.50. The van der Waals surface area contributed by atoms with E-state index >= 15 is 0 Å². The molecule has 0 unspecified atom stereocenters. The molecule has 2 N–H and O–H groups in total. The van der Waals surface area contributed by atoms with Gasteiger partial charge >= 0.3 is 0 Å². The van der Waals surface area contributed by atoms with Gasteiger partial charge in [0.05, 0.1) is 11.2 Å². The number of nitrogens with zero attached hydrogens (tertiary/aromatic N) is 2. The molecule has 0 amide bonds. The summed E-state index contributed by atoms with van der Waals surface area (Å²) in [6.07, 6.45) is 1.41. The summed E-state index contributed by atoms with van der Waals surface area (Å²) < 4.78 is 27.7. The van der Waals surface area contributed by atoms with Gasteiger partial charge in [0.25, 0.3) is 0 Å². The van der Waals surface area contributed by atoms with Crippen LogP contribution in [0.15, 0.2) is 18.3 Å². The second kappa shape index (κ2) is 3.75. The lowest BCUT2D eigenvalue weighted by atomic mass is 10.1. The maximum atomic E-state index is 13.2. The van der Waals surface area contributed by atoms with Gasteiger partial charge in [-0.05, 0) is 6.07 Å². The lowest BCUT2D eigenvalue weighted by Gasteiger charge is -2.05.